The molecule has 2 rings (SSSR count). The van der Waals surface area contributed by atoms with Crippen LogP contribution in [0.5, 0.6) is 17.2 Å². The lowest BCUT2D eigenvalue weighted by atomic mass is 10.0. The van der Waals surface area contributed by atoms with Gasteiger partial charge < -0.3 is 24.6 Å². The molecular formula is C11H13NO5. The normalized spacial score (nSPS) is 18.5. The summed E-state index contributed by atoms with van der Waals surface area (Å²) in [6, 6.07) is 2.58. The van der Waals surface area contributed by atoms with Gasteiger partial charge in [-0.3, -0.25) is 0 Å². The summed E-state index contributed by atoms with van der Waals surface area (Å²) in [6.45, 7) is 0.205. The molecule has 6 nitrogen and oxygen atoms in total. The predicted molar refractivity (Wildman–Crippen MR) is 58.4 cm³/mol. The highest BCUT2D eigenvalue weighted by molar-refractivity contribution is 5.71. The first kappa shape index (κ1) is 11.4. The van der Waals surface area contributed by atoms with Crippen molar-refractivity contribution in [2.24, 2.45) is 0 Å². The number of benzene rings is 1. The number of phenolic OH excluding ortho intramolecular Hbond substituents is 1. The maximum absolute atomic E-state index is 11.0. The van der Waals surface area contributed by atoms with Crippen molar-refractivity contribution in [1.82, 2.24) is 5.32 Å². The van der Waals surface area contributed by atoms with Crippen molar-refractivity contribution < 1.29 is 24.1 Å². The van der Waals surface area contributed by atoms with Crippen LogP contribution in [0.3, 0.4) is 0 Å². The molecule has 1 aliphatic rings. The number of nitrogens with one attached hydrogen (secondary N) is 1. The summed E-state index contributed by atoms with van der Waals surface area (Å²) in [5.41, 5.74) is 0.652. The molecule has 0 aromatic heterocycles. The van der Waals surface area contributed by atoms with Gasteiger partial charge in [0.15, 0.2) is 0 Å². The first-order valence-electron chi connectivity index (χ1n) is 5.04. The fourth-order valence-electron chi connectivity index (χ4n) is 1.81. The third-order valence-corrected chi connectivity index (χ3v) is 2.55. The smallest absolute Gasteiger partial charge is 0.407 e. The molecule has 6 heteroatoms. The van der Waals surface area contributed by atoms with E-state index in [1.807, 2.05) is 0 Å². The minimum atomic E-state index is -0.479. The van der Waals surface area contributed by atoms with Crippen LogP contribution in [0.2, 0.25) is 0 Å². The minimum absolute atomic E-state index is 0.0349. The number of carbonyl (C=O) groups excluding carboxylic acids is 1. The Morgan fingerprint density at radius 2 is 1.94 bits per heavy atom. The Morgan fingerprint density at radius 1 is 1.35 bits per heavy atom. The molecule has 1 aliphatic heterocycles. The molecule has 92 valence electrons. The number of amides is 1. The number of alkyl carbamates (subject to hydrolysis) is 1. The molecule has 1 atom stereocenters. The third-order valence-electron chi connectivity index (χ3n) is 2.55. The molecule has 17 heavy (non-hydrogen) atoms. The van der Waals surface area contributed by atoms with Crippen molar-refractivity contribution in [3.05, 3.63) is 17.7 Å². The largest absolute Gasteiger partial charge is 0.508 e. The average Bonchev–Trinajstić information content (AvgIpc) is 2.74. The third kappa shape index (κ3) is 2.06. The highest BCUT2D eigenvalue weighted by Crippen LogP contribution is 2.38. The van der Waals surface area contributed by atoms with Crippen molar-refractivity contribution in [3.63, 3.8) is 0 Å². The van der Waals surface area contributed by atoms with Crippen molar-refractivity contribution in [2.45, 2.75) is 6.04 Å². The molecule has 1 fully saturated rings. The van der Waals surface area contributed by atoms with E-state index in [0.717, 1.165) is 0 Å². The zero-order valence-electron chi connectivity index (χ0n) is 9.52. The molecule has 1 saturated heterocycles. The van der Waals surface area contributed by atoms with Crippen molar-refractivity contribution in [2.75, 3.05) is 20.8 Å². The van der Waals surface area contributed by atoms with Crippen LogP contribution < -0.4 is 14.8 Å². The molecule has 0 radical (unpaired) electrons. The summed E-state index contributed by atoms with van der Waals surface area (Å²) in [5, 5.41) is 12.1. The number of cyclic esters (lactones) is 1. The molecular weight excluding hydrogens is 226 g/mol. The zero-order valence-corrected chi connectivity index (χ0v) is 9.52. The van der Waals surface area contributed by atoms with E-state index in [0.29, 0.717) is 17.1 Å². The Balaban J connectivity index is 2.46. The van der Waals surface area contributed by atoms with Gasteiger partial charge in [0.05, 0.1) is 25.8 Å². The van der Waals surface area contributed by atoms with E-state index < -0.39 is 6.09 Å². The standard InChI is InChI=1S/C11H13NO5/c1-15-8-3-6(13)4-9(16-2)10(8)7-5-17-11(14)12-7/h3-4,7,13H,5H2,1-2H3,(H,12,14)/t7-/m1/s1. The minimum Gasteiger partial charge on any atom is -0.508 e. The fraction of sp³-hybridized carbons (Fsp3) is 0.364. The van der Waals surface area contributed by atoms with E-state index in [1.54, 1.807) is 0 Å². The Morgan fingerprint density at radius 3 is 2.35 bits per heavy atom. The van der Waals surface area contributed by atoms with E-state index in [-0.39, 0.29) is 18.4 Å². The van der Waals surface area contributed by atoms with Gasteiger partial charge in [-0.2, -0.15) is 0 Å². The highest BCUT2D eigenvalue weighted by atomic mass is 16.6. The fourth-order valence-corrected chi connectivity index (χ4v) is 1.81. The van der Waals surface area contributed by atoms with E-state index in [2.05, 4.69) is 5.32 Å². The molecule has 1 heterocycles. The summed E-state index contributed by atoms with van der Waals surface area (Å²) >= 11 is 0. The number of aromatic hydroxyl groups is 1. The number of carbonyl (C=O) groups is 1. The number of rotatable bonds is 3. The van der Waals surface area contributed by atoms with Gasteiger partial charge in [-0.1, -0.05) is 0 Å². The van der Waals surface area contributed by atoms with Gasteiger partial charge in [-0.15, -0.1) is 0 Å². The predicted octanol–water partition coefficient (Wildman–Crippen LogP) is 1.19. The number of hydrogen-bond acceptors (Lipinski definition) is 5. The second kappa shape index (κ2) is 4.40. The quantitative estimate of drug-likeness (QED) is 0.828. The highest BCUT2D eigenvalue weighted by Gasteiger charge is 2.29. The Labute approximate surface area is 98.1 Å². The molecule has 1 aromatic carbocycles. The van der Waals surface area contributed by atoms with Crippen LogP contribution in [0.1, 0.15) is 11.6 Å². The van der Waals surface area contributed by atoms with Gasteiger partial charge in [-0.05, 0) is 0 Å². The molecule has 1 aromatic rings. The lowest BCUT2D eigenvalue weighted by Crippen LogP contribution is -2.19. The van der Waals surface area contributed by atoms with E-state index >= 15 is 0 Å². The maximum Gasteiger partial charge on any atom is 0.407 e. The van der Waals surface area contributed by atoms with Gasteiger partial charge in [0.25, 0.3) is 0 Å². The van der Waals surface area contributed by atoms with Crippen LogP contribution in [0.4, 0.5) is 4.79 Å². The topological polar surface area (TPSA) is 77.0 Å². The number of methoxy groups -OCH3 is 2. The number of phenols is 1. The Kier molecular flexibility index (Phi) is 2.95. The van der Waals surface area contributed by atoms with Gasteiger partial charge in [-0.25, -0.2) is 4.79 Å². The Hall–Kier alpha value is -2.11. The molecule has 0 aliphatic carbocycles. The summed E-state index contributed by atoms with van der Waals surface area (Å²) < 4.78 is 15.2. The molecule has 0 saturated carbocycles. The van der Waals surface area contributed by atoms with Gasteiger partial charge in [0, 0.05) is 12.1 Å². The molecule has 2 N–H and O–H groups in total. The van der Waals surface area contributed by atoms with E-state index in [4.69, 9.17) is 14.2 Å². The number of hydrogen-bond donors (Lipinski definition) is 2. The first-order chi connectivity index (χ1) is 8.15. The van der Waals surface area contributed by atoms with Gasteiger partial charge in [0.1, 0.15) is 23.9 Å². The van der Waals surface area contributed by atoms with Gasteiger partial charge in [0.2, 0.25) is 0 Å². The summed E-state index contributed by atoms with van der Waals surface area (Å²) in [4.78, 5) is 11.0. The van der Waals surface area contributed by atoms with Crippen LogP contribution in [0, 0.1) is 0 Å². The summed E-state index contributed by atoms with van der Waals surface area (Å²) in [5.74, 6) is 0.919. The van der Waals surface area contributed by atoms with Crippen LogP contribution in [0.25, 0.3) is 0 Å². The zero-order chi connectivity index (χ0) is 12.4. The van der Waals surface area contributed by atoms with Crippen LogP contribution in [0.15, 0.2) is 12.1 Å². The van der Waals surface area contributed by atoms with Crippen LogP contribution in [-0.2, 0) is 4.74 Å². The monoisotopic (exact) mass is 239 g/mol. The molecule has 0 bridgehead atoms. The van der Waals surface area contributed by atoms with E-state index in [1.165, 1.54) is 26.4 Å². The second-order valence-corrected chi connectivity index (χ2v) is 3.56. The lowest BCUT2D eigenvalue weighted by Gasteiger charge is -2.17. The average molecular weight is 239 g/mol. The summed E-state index contributed by atoms with van der Waals surface area (Å²) in [7, 11) is 2.96. The van der Waals surface area contributed by atoms with Gasteiger partial charge >= 0.3 is 6.09 Å². The van der Waals surface area contributed by atoms with Crippen LogP contribution >= 0.6 is 0 Å². The van der Waals surface area contributed by atoms with E-state index in [9.17, 15) is 9.90 Å². The summed E-state index contributed by atoms with van der Waals surface area (Å²) in [6.07, 6.45) is -0.479. The Bertz CT molecular complexity index is 420. The molecule has 0 unspecified atom stereocenters. The number of ether oxygens (including phenoxy) is 3. The van der Waals surface area contributed by atoms with Crippen molar-refractivity contribution in [3.8, 4) is 17.2 Å². The second-order valence-electron chi connectivity index (χ2n) is 3.56. The SMILES string of the molecule is COc1cc(O)cc(OC)c1[C@H]1COC(=O)N1. The molecule has 1 amide bonds. The van der Waals surface area contributed by atoms with Crippen molar-refractivity contribution >= 4 is 6.09 Å². The van der Waals surface area contributed by atoms with Crippen LogP contribution in [-0.4, -0.2) is 32.0 Å². The lowest BCUT2D eigenvalue weighted by molar-refractivity contribution is 0.176. The first-order valence-corrected chi connectivity index (χ1v) is 5.04. The molecule has 0 spiro atoms. The van der Waals surface area contributed by atoms with Crippen molar-refractivity contribution in [1.29, 1.82) is 0 Å². The maximum atomic E-state index is 11.0.